The summed E-state index contributed by atoms with van der Waals surface area (Å²) in [6.45, 7) is 5.12. The molecule has 27 heavy (non-hydrogen) atoms. The summed E-state index contributed by atoms with van der Waals surface area (Å²) in [6.07, 6.45) is 3.76. The van der Waals surface area contributed by atoms with Gasteiger partial charge in [-0.3, -0.25) is 9.48 Å². The number of rotatable bonds is 5. The fourth-order valence-electron chi connectivity index (χ4n) is 3.28. The number of urea groups is 1. The number of nitrogens with one attached hydrogen (secondary N) is 4. The van der Waals surface area contributed by atoms with Crippen molar-refractivity contribution in [2.24, 2.45) is 13.0 Å². The number of hydrogen-bond donors (Lipinski definition) is 4. The number of carbonyl (C=O) groups excluding carboxylic acids is 2. The van der Waals surface area contributed by atoms with Gasteiger partial charge in [0.15, 0.2) is 0 Å². The van der Waals surface area contributed by atoms with E-state index in [-0.39, 0.29) is 29.8 Å². The van der Waals surface area contributed by atoms with Gasteiger partial charge in [-0.25, -0.2) is 4.79 Å². The minimum Gasteiger partial charge on any atom is -0.336 e. The molecule has 8 nitrogen and oxygen atoms in total. The molecule has 1 fully saturated rings. The molecule has 2 atom stereocenters. The zero-order valence-electron chi connectivity index (χ0n) is 15.8. The van der Waals surface area contributed by atoms with Crippen LogP contribution in [0.25, 0.3) is 0 Å². The number of amides is 3. The molecule has 1 aromatic heterocycles. The lowest BCUT2D eigenvalue weighted by molar-refractivity contribution is -0.119. The molecule has 0 spiro atoms. The molecule has 2 heterocycles. The number of benzene rings is 1. The van der Waals surface area contributed by atoms with Crippen molar-refractivity contribution in [3.63, 3.8) is 0 Å². The molecule has 1 aromatic carbocycles. The van der Waals surface area contributed by atoms with Crippen molar-refractivity contribution >= 4 is 23.3 Å². The van der Waals surface area contributed by atoms with E-state index in [2.05, 4.69) is 26.4 Å². The first-order chi connectivity index (χ1) is 12.9. The van der Waals surface area contributed by atoms with Crippen molar-refractivity contribution in [1.29, 1.82) is 0 Å². The molecule has 1 saturated heterocycles. The molecule has 4 N–H and O–H groups in total. The summed E-state index contributed by atoms with van der Waals surface area (Å²) in [5, 5.41) is 16.0. The Labute approximate surface area is 158 Å². The highest BCUT2D eigenvalue weighted by Gasteiger charge is 2.35. The zero-order chi connectivity index (χ0) is 19.4. The molecule has 2 aromatic rings. The van der Waals surface area contributed by atoms with Crippen LogP contribution in [0.1, 0.15) is 25.3 Å². The number of nitrogens with zero attached hydrogens (tertiary/aromatic N) is 2. The molecule has 3 amide bonds. The monoisotopic (exact) mass is 370 g/mol. The Morgan fingerprint density at radius 3 is 2.52 bits per heavy atom. The van der Waals surface area contributed by atoms with Crippen LogP contribution >= 0.6 is 0 Å². The standard InChI is InChI=1S/C19H26N6O2/c1-12(2)22-19(27)24-17-7-5-4-6-16(17)23-18(26)15-10-20-9-14(15)13-8-21-25(3)11-13/h4-8,11-12,14-15,20H,9-10H2,1-3H3,(H,23,26)(H2,22,24,27)/t14-,15+/m1/s1. The van der Waals surface area contributed by atoms with Crippen LogP contribution in [0.5, 0.6) is 0 Å². The third-order valence-electron chi connectivity index (χ3n) is 4.56. The van der Waals surface area contributed by atoms with Gasteiger partial charge in [0.2, 0.25) is 5.91 Å². The molecule has 0 bridgehead atoms. The summed E-state index contributed by atoms with van der Waals surface area (Å²) in [4.78, 5) is 24.9. The molecule has 0 saturated carbocycles. The predicted octanol–water partition coefficient (Wildman–Crippen LogP) is 1.89. The highest BCUT2D eigenvalue weighted by Crippen LogP contribution is 2.30. The summed E-state index contributed by atoms with van der Waals surface area (Å²) in [5.74, 6) is -0.206. The Morgan fingerprint density at radius 1 is 1.19 bits per heavy atom. The van der Waals surface area contributed by atoms with E-state index in [1.165, 1.54) is 0 Å². The van der Waals surface area contributed by atoms with E-state index in [1.807, 2.05) is 45.4 Å². The molecular formula is C19H26N6O2. The maximum absolute atomic E-state index is 12.9. The first kappa shape index (κ1) is 18.9. The molecule has 144 valence electrons. The quantitative estimate of drug-likeness (QED) is 0.646. The van der Waals surface area contributed by atoms with Crippen molar-refractivity contribution < 1.29 is 9.59 Å². The minimum atomic E-state index is -0.303. The van der Waals surface area contributed by atoms with E-state index < -0.39 is 0 Å². The Hall–Kier alpha value is -2.87. The average molecular weight is 370 g/mol. The highest BCUT2D eigenvalue weighted by atomic mass is 16.2. The lowest BCUT2D eigenvalue weighted by atomic mass is 9.90. The summed E-state index contributed by atoms with van der Waals surface area (Å²) in [7, 11) is 1.87. The van der Waals surface area contributed by atoms with Gasteiger partial charge in [-0.2, -0.15) is 5.10 Å². The average Bonchev–Trinajstić information content (AvgIpc) is 3.24. The fraction of sp³-hybridized carbons (Fsp3) is 0.421. The summed E-state index contributed by atoms with van der Waals surface area (Å²) in [6, 6.07) is 6.91. The van der Waals surface area contributed by atoms with Crippen LogP contribution in [-0.4, -0.2) is 40.9 Å². The third-order valence-corrected chi connectivity index (χ3v) is 4.56. The summed E-state index contributed by atoms with van der Waals surface area (Å²) >= 11 is 0. The molecule has 0 aliphatic carbocycles. The van der Waals surface area contributed by atoms with Gasteiger partial charge >= 0.3 is 6.03 Å². The largest absolute Gasteiger partial charge is 0.336 e. The molecule has 1 aliphatic rings. The Bertz CT molecular complexity index is 816. The normalized spacial score (nSPS) is 19.1. The topological polar surface area (TPSA) is 100 Å². The predicted molar refractivity (Wildman–Crippen MR) is 105 cm³/mol. The summed E-state index contributed by atoms with van der Waals surface area (Å²) in [5.41, 5.74) is 2.19. The SMILES string of the molecule is CC(C)NC(=O)Nc1ccccc1NC(=O)[C@H]1CNC[C@@H]1c1cnn(C)c1. The highest BCUT2D eigenvalue weighted by molar-refractivity contribution is 6.00. The molecule has 0 unspecified atom stereocenters. The van der Waals surface area contributed by atoms with Crippen LogP contribution < -0.4 is 21.3 Å². The van der Waals surface area contributed by atoms with Crippen molar-refractivity contribution in [2.45, 2.75) is 25.8 Å². The number of aromatic nitrogens is 2. The first-order valence-electron chi connectivity index (χ1n) is 9.10. The number of anilines is 2. The van der Waals surface area contributed by atoms with Gasteiger partial charge in [0.05, 0.1) is 23.5 Å². The van der Waals surface area contributed by atoms with Gasteiger partial charge in [0.25, 0.3) is 0 Å². The second kappa shape index (κ2) is 8.22. The van der Waals surface area contributed by atoms with E-state index in [9.17, 15) is 9.59 Å². The van der Waals surface area contributed by atoms with Crippen LogP contribution in [0.3, 0.4) is 0 Å². The Morgan fingerprint density at radius 2 is 1.89 bits per heavy atom. The Kier molecular flexibility index (Phi) is 5.75. The smallest absolute Gasteiger partial charge is 0.319 e. The van der Waals surface area contributed by atoms with Gasteiger partial charge in [0.1, 0.15) is 0 Å². The lowest BCUT2D eigenvalue weighted by Crippen LogP contribution is -2.34. The van der Waals surface area contributed by atoms with E-state index >= 15 is 0 Å². The van der Waals surface area contributed by atoms with Gasteiger partial charge in [-0.1, -0.05) is 12.1 Å². The van der Waals surface area contributed by atoms with Crippen LogP contribution in [0.4, 0.5) is 16.2 Å². The van der Waals surface area contributed by atoms with Gasteiger partial charge in [0, 0.05) is 38.3 Å². The van der Waals surface area contributed by atoms with Crippen LogP contribution in [-0.2, 0) is 11.8 Å². The van der Waals surface area contributed by atoms with Crippen LogP contribution in [0, 0.1) is 5.92 Å². The van der Waals surface area contributed by atoms with Gasteiger partial charge in [-0.15, -0.1) is 0 Å². The fourth-order valence-corrected chi connectivity index (χ4v) is 3.28. The van der Waals surface area contributed by atoms with E-state index in [0.29, 0.717) is 17.9 Å². The molecule has 8 heteroatoms. The maximum atomic E-state index is 12.9. The van der Waals surface area contributed by atoms with Gasteiger partial charge < -0.3 is 21.3 Å². The number of para-hydroxylation sites is 2. The van der Waals surface area contributed by atoms with E-state index in [1.54, 1.807) is 16.8 Å². The summed E-state index contributed by atoms with van der Waals surface area (Å²) < 4.78 is 1.75. The number of aryl methyl sites for hydroxylation is 1. The van der Waals surface area contributed by atoms with Crippen LogP contribution in [0.2, 0.25) is 0 Å². The Balaban J connectivity index is 1.71. The maximum Gasteiger partial charge on any atom is 0.319 e. The van der Waals surface area contributed by atoms with Gasteiger partial charge in [-0.05, 0) is 31.5 Å². The van der Waals surface area contributed by atoms with Crippen molar-refractivity contribution in [3.05, 3.63) is 42.2 Å². The molecule has 0 radical (unpaired) electrons. The second-order valence-corrected chi connectivity index (χ2v) is 7.11. The molecule has 3 rings (SSSR count). The van der Waals surface area contributed by atoms with Crippen molar-refractivity contribution in [3.8, 4) is 0 Å². The number of hydrogen-bond acceptors (Lipinski definition) is 4. The minimum absolute atomic E-state index is 0.0246. The van der Waals surface area contributed by atoms with Crippen LogP contribution in [0.15, 0.2) is 36.7 Å². The zero-order valence-corrected chi connectivity index (χ0v) is 15.8. The van der Waals surface area contributed by atoms with E-state index in [0.717, 1.165) is 12.1 Å². The molecular weight excluding hydrogens is 344 g/mol. The third kappa shape index (κ3) is 4.65. The number of carbonyl (C=O) groups is 2. The first-order valence-corrected chi connectivity index (χ1v) is 9.10. The molecule has 1 aliphatic heterocycles. The second-order valence-electron chi connectivity index (χ2n) is 7.11. The lowest BCUT2D eigenvalue weighted by Gasteiger charge is -2.19. The van der Waals surface area contributed by atoms with E-state index in [4.69, 9.17) is 0 Å². The van der Waals surface area contributed by atoms with Crippen molar-refractivity contribution in [1.82, 2.24) is 20.4 Å². The van der Waals surface area contributed by atoms with Crippen molar-refractivity contribution in [2.75, 3.05) is 23.7 Å².